The number of amides is 1. The number of rotatable bonds is 6. The Hall–Kier alpha value is -3.29. The average molecular weight is 370 g/mol. The Bertz CT molecular complexity index is 989. The van der Waals surface area contributed by atoms with Crippen LogP contribution in [0.4, 0.5) is 4.39 Å². The molecule has 0 aliphatic carbocycles. The lowest BCUT2D eigenvalue weighted by Crippen LogP contribution is -2.32. The zero-order valence-corrected chi connectivity index (χ0v) is 15.0. The summed E-state index contributed by atoms with van der Waals surface area (Å²) in [5, 5.41) is 10.9. The molecule has 1 aromatic carbocycles. The third kappa shape index (κ3) is 4.46. The van der Waals surface area contributed by atoms with Crippen molar-refractivity contribution in [1.29, 1.82) is 0 Å². The van der Waals surface area contributed by atoms with Gasteiger partial charge in [-0.2, -0.15) is 5.10 Å². The van der Waals surface area contributed by atoms with Crippen LogP contribution in [-0.2, 0) is 17.8 Å². The lowest BCUT2D eigenvalue weighted by molar-refractivity contribution is -0.120. The minimum absolute atomic E-state index is 0.166. The zero-order chi connectivity index (χ0) is 19.4. The van der Waals surface area contributed by atoms with Gasteiger partial charge in [0.2, 0.25) is 5.91 Å². The molecule has 1 N–H and O–H groups in total. The molecule has 2 heterocycles. The number of aryl methyl sites for hydroxylation is 2. The molecule has 0 aliphatic rings. The summed E-state index contributed by atoms with van der Waals surface area (Å²) in [6.07, 6.45) is 0.166. The van der Waals surface area contributed by atoms with Crippen LogP contribution in [0.2, 0.25) is 0 Å². The van der Waals surface area contributed by atoms with Crippen LogP contribution >= 0.6 is 0 Å². The zero-order valence-electron chi connectivity index (χ0n) is 15.0. The summed E-state index contributed by atoms with van der Waals surface area (Å²) in [6.45, 7) is 4.01. The highest BCUT2D eigenvalue weighted by Crippen LogP contribution is 2.15. The quantitative estimate of drug-likeness (QED) is 0.717. The molecule has 0 aliphatic heterocycles. The molecule has 140 valence electrons. The molecule has 3 rings (SSSR count). The predicted octanol–water partition coefficient (Wildman–Crippen LogP) is 2.01. The maximum absolute atomic E-state index is 13.0. The summed E-state index contributed by atoms with van der Waals surface area (Å²) in [6, 6.07) is 8.85. The second-order valence-electron chi connectivity index (χ2n) is 6.12. The number of nitrogens with zero attached hydrogens (tertiary/aromatic N) is 3. The van der Waals surface area contributed by atoms with E-state index in [1.54, 1.807) is 32.0 Å². The van der Waals surface area contributed by atoms with Gasteiger partial charge < -0.3 is 9.84 Å². The van der Waals surface area contributed by atoms with Crippen LogP contribution in [0.25, 0.3) is 11.3 Å². The third-order valence-electron chi connectivity index (χ3n) is 4.17. The number of hydrogen-bond acceptors (Lipinski definition) is 5. The van der Waals surface area contributed by atoms with Gasteiger partial charge in [-0.05, 0) is 44.2 Å². The Kier molecular flexibility index (Phi) is 5.44. The van der Waals surface area contributed by atoms with Gasteiger partial charge in [-0.1, -0.05) is 5.16 Å². The van der Waals surface area contributed by atoms with Crippen LogP contribution in [0.5, 0.6) is 0 Å². The SMILES string of the molecule is Cc1noc(C)c1CC(=O)NCCn1nc(-c2ccc(F)cc2)ccc1=O. The van der Waals surface area contributed by atoms with Crippen LogP contribution in [0, 0.1) is 19.7 Å². The number of benzene rings is 1. The Labute approximate surface area is 154 Å². The van der Waals surface area contributed by atoms with Crippen LogP contribution in [0.3, 0.4) is 0 Å². The molecule has 0 saturated heterocycles. The first kappa shape index (κ1) is 18.5. The smallest absolute Gasteiger partial charge is 0.266 e. The average Bonchev–Trinajstić information content (AvgIpc) is 2.96. The van der Waals surface area contributed by atoms with Crippen molar-refractivity contribution in [2.45, 2.75) is 26.8 Å². The molecule has 0 atom stereocenters. The topological polar surface area (TPSA) is 90.0 Å². The number of carbonyl (C=O) groups is 1. The highest BCUT2D eigenvalue weighted by atomic mass is 19.1. The van der Waals surface area contributed by atoms with Crippen molar-refractivity contribution in [3.63, 3.8) is 0 Å². The molecule has 0 saturated carbocycles. The van der Waals surface area contributed by atoms with E-state index < -0.39 is 0 Å². The van der Waals surface area contributed by atoms with Gasteiger partial charge >= 0.3 is 0 Å². The van der Waals surface area contributed by atoms with E-state index in [0.29, 0.717) is 22.7 Å². The van der Waals surface area contributed by atoms with E-state index in [4.69, 9.17) is 4.52 Å². The number of hydrogen-bond donors (Lipinski definition) is 1. The number of aromatic nitrogens is 3. The molecule has 0 spiro atoms. The molecule has 2 aromatic heterocycles. The van der Waals surface area contributed by atoms with Gasteiger partial charge in [0.15, 0.2) is 0 Å². The van der Waals surface area contributed by atoms with Crippen molar-refractivity contribution in [3.05, 3.63) is 69.6 Å². The van der Waals surface area contributed by atoms with Gasteiger partial charge in [0.05, 0.1) is 24.4 Å². The van der Waals surface area contributed by atoms with Crippen molar-refractivity contribution in [2.75, 3.05) is 6.54 Å². The van der Waals surface area contributed by atoms with E-state index in [0.717, 1.165) is 5.56 Å². The Balaban J connectivity index is 1.62. The molecule has 7 nitrogen and oxygen atoms in total. The van der Waals surface area contributed by atoms with Gasteiger partial charge in [-0.25, -0.2) is 9.07 Å². The molecular formula is C19H19FN4O3. The molecule has 3 aromatic rings. The number of halogens is 1. The summed E-state index contributed by atoms with van der Waals surface area (Å²) in [5.74, 6) is 0.0905. The normalized spacial score (nSPS) is 10.8. The van der Waals surface area contributed by atoms with Crippen LogP contribution in [0.1, 0.15) is 17.0 Å². The summed E-state index contributed by atoms with van der Waals surface area (Å²) in [7, 11) is 0. The van der Waals surface area contributed by atoms with E-state index in [1.165, 1.54) is 22.9 Å². The molecule has 27 heavy (non-hydrogen) atoms. The fourth-order valence-corrected chi connectivity index (χ4v) is 2.66. The van der Waals surface area contributed by atoms with Gasteiger partial charge in [-0.3, -0.25) is 9.59 Å². The van der Waals surface area contributed by atoms with E-state index >= 15 is 0 Å². The van der Waals surface area contributed by atoms with Gasteiger partial charge in [0.1, 0.15) is 11.6 Å². The summed E-state index contributed by atoms with van der Waals surface area (Å²) in [4.78, 5) is 24.1. The maximum Gasteiger partial charge on any atom is 0.266 e. The van der Waals surface area contributed by atoms with Gasteiger partial charge in [0.25, 0.3) is 5.56 Å². The minimum Gasteiger partial charge on any atom is -0.361 e. The predicted molar refractivity (Wildman–Crippen MR) is 96.6 cm³/mol. The van der Waals surface area contributed by atoms with Crippen LogP contribution in [-0.4, -0.2) is 27.4 Å². The van der Waals surface area contributed by atoms with E-state index in [1.807, 2.05) is 0 Å². The third-order valence-corrected chi connectivity index (χ3v) is 4.17. The Morgan fingerprint density at radius 2 is 1.93 bits per heavy atom. The van der Waals surface area contributed by atoms with Gasteiger partial charge in [-0.15, -0.1) is 0 Å². The van der Waals surface area contributed by atoms with E-state index in [2.05, 4.69) is 15.6 Å². The standard InChI is InChI=1S/C19H19FN4O3/c1-12-16(13(2)27-23-12)11-18(25)21-9-10-24-19(26)8-7-17(22-24)14-3-5-15(20)6-4-14/h3-8H,9-11H2,1-2H3,(H,21,25). The minimum atomic E-state index is -0.340. The maximum atomic E-state index is 13.0. The molecule has 0 bridgehead atoms. The highest BCUT2D eigenvalue weighted by molar-refractivity contribution is 5.78. The van der Waals surface area contributed by atoms with Crippen molar-refractivity contribution in [2.24, 2.45) is 0 Å². The van der Waals surface area contributed by atoms with Crippen molar-refractivity contribution in [1.82, 2.24) is 20.3 Å². The largest absolute Gasteiger partial charge is 0.361 e. The Morgan fingerprint density at radius 1 is 1.19 bits per heavy atom. The monoisotopic (exact) mass is 370 g/mol. The van der Waals surface area contributed by atoms with E-state index in [9.17, 15) is 14.0 Å². The first-order valence-electron chi connectivity index (χ1n) is 8.46. The summed E-state index contributed by atoms with van der Waals surface area (Å²) < 4.78 is 19.4. The second-order valence-corrected chi connectivity index (χ2v) is 6.12. The Morgan fingerprint density at radius 3 is 2.59 bits per heavy atom. The molecular weight excluding hydrogens is 351 g/mol. The highest BCUT2D eigenvalue weighted by Gasteiger charge is 2.13. The fraction of sp³-hybridized carbons (Fsp3) is 0.263. The van der Waals surface area contributed by atoms with Crippen molar-refractivity contribution < 1.29 is 13.7 Å². The van der Waals surface area contributed by atoms with E-state index in [-0.39, 0.29) is 36.8 Å². The lowest BCUT2D eigenvalue weighted by Gasteiger charge is -2.08. The lowest BCUT2D eigenvalue weighted by atomic mass is 10.1. The number of carbonyl (C=O) groups excluding carboxylic acids is 1. The van der Waals surface area contributed by atoms with Crippen molar-refractivity contribution in [3.8, 4) is 11.3 Å². The van der Waals surface area contributed by atoms with Crippen molar-refractivity contribution >= 4 is 5.91 Å². The van der Waals surface area contributed by atoms with Crippen LogP contribution < -0.4 is 10.9 Å². The van der Waals surface area contributed by atoms with Crippen LogP contribution in [0.15, 0.2) is 45.7 Å². The summed E-state index contributed by atoms with van der Waals surface area (Å²) in [5.41, 5.74) is 2.43. The molecule has 8 heteroatoms. The molecule has 1 amide bonds. The molecule has 0 radical (unpaired) electrons. The first-order chi connectivity index (χ1) is 12.9. The second kappa shape index (κ2) is 7.94. The summed E-state index contributed by atoms with van der Waals surface area (Å²) >= 11 is 0. The molecule has 0 unspecified atom stereocenters. The fourth-order valence-electron chi connectivity index (χ4n) is 2.66. The van der Waals surface area contributed by atoms with Gasteiger partial charge in [0, 0.05) is 23.7 Å². The molecule has 0 fully saturated rings. The first-order valence-corrected chi connectivity index (χ1v) is 8.46. The number of nitrogens with one attached hydrogen (secondary N) is 1.